The molecule has 4 rings (SSSR count). The van der Waals surface area contributed by atoms with Crippen LogP contribution in [0.1, 0.15) is 25.3 Å². The zero-order valence-corrected chi connectivity index (χ0v) is 17.7. The number of ketones is 1. The lowest BCUT2D eigenvalue weighted by Crippen LogP contribution is -2.48. The monoisotopic (exact) mass is 426 g/mol. The van der Waals surface area contributed by atoms with Gasteiger partial charge in [-0.05, 0) is 43.7 Å². The maximum atomic E-state index is 13.6. The van der Waals surface area contributed by atoms with Gasteiger partial charge in [-0.1, -0.05) is 42.5 Å². The molecular weight excluding hydrogens is 404 g/mol. The first-order valence-corrected chi connectivity index (χ1v) is 10.2. The Bertz CT molecular complexity index is 1180. The molecule has 2 atom stereocenters. The summed E-state index contributed by atoms with van der Waals surface area (Å²) in [5.41, 5.74) is 1.47. The Labute approximate surface area is 185 Å². The molecule has 0 fully saturated rings. The lowest BCUT2D eigenvalue weighted by molar-refractivity contribution is -0.132. The van der Waals surface area contributed by atoms with Crippen LogP contribution in [0, 0.1) is 5.92 Å². The highest BCUT2D eigenvalue weighted by atomic mass is 16.2. The van der Waals surface area contributed by atoms with Crippen LogP contribution in [0.4, 0.5) is 11.6 Å². The Kier molecular flexibility index (Phi) is 5.89. The van der Waals surface area contributed by atoms with Gasteiger partial charge < -0.3 is 5.32 Å². The quantitative estimate of drug-likeness (QED) is 0.628. The van der Waals surface area contributed by atoms with Crippen molar-refractivity contribution in [3.05, 3.63) is 96.0 Å². The Balaban J connectivity index is 1.91. The number of benzene rings is 1. The zero-order valence-electron chi connectivity index (χ0n) is 17.7. The molecule has 0 saturated heterocycles. The number of Topliss-reactive ketones (excluding diaryl/α,β-unsaturated/α-hetero) is 1. The van der Waals surface area contributed by atoms with E-state index in [1.165, 1.54) is 11.8 Å². The topological polar surface area (TPSA) is 92.3 Å². The molecule has 3 aromatic rings. The number of allylic oxidation sites excluding steroid dienone is 1. The highest BCUT2D eigenvalue weighted by molar-refractivity contribution is 6.16. The molecule has 0 saturated carbocycles. The smallest absolute Gasteiger partial charge is 0.255 e. The normalized spacial score (nSPS) is 18.4. The van der Waals surface area contributed by atoms with Crippen LogP contribution in [0.25, 0.3) is 0 Å². The van der Waals surface area contributed by atoms with Crippen LogP contribution in [0.5, 0.6) is 0 Å². The largest absolute Gasteiger partial charge is 0.307 e. The summed E-state index contributed by atoms with van der Waals surface area (Å²) in [7, 11) is 0. The summed E-state index contributed by atoms with van der Waals surface area (Å²) in [4.78, 5) is 49.7. The molecule has 7 nitrogen and oxygen atoms in total. The highest BCUT2D eigenvalue weighted by Crippen LogP contribution is 2.42. The van der Waals surface area contributed by atoms with Crippen molar-refractivity contribution in [1.82, 2.24) is 9.97 Å². The van der Waals surface area contributed by atoms with Gasteiger partial charge in [0.15, 0.2) is 0 Å². The maximum Gasteiger partial charge on any atom is 0.255 e. The van der Waals surface area contributed by atoms with Crippen molar-refractivity contribution in [2.75, 3.05) is 10.2 Å². The SMILES string of the molecule is CC(=O)[C@@H]1C(=O)N(c2ccccn2)C(C)=C(C(=O)Nc2ccccn2)[C@H]1c1ccccc1. The second-order valence-corrected chi connectivity index (χ2v) is 7.51. The van der Waals surface area contributed by atoms with Gasteiger partial charge >= 0.3 is 0 Å². The van der Waals surface area contributed by atoms with E-state index in [9.17, 15) is 14.4 Å². The fourth-order valence-corrected chi connectivity index (χ4v) is 4.08. The first kappa shape index (κ1) is 21.1. The molecule has 0 spiro atoms. The minimum atomic E-state index is -1.06. The number of anilines is 2. The molecule has 1 aromatic carbocycles. The average molecular weight is 426 g/mol. The summed E-state index contributed by atoms with van der Waals surface area (Å²) in [6.45, 7) is 3.08. The van der Waals surface area contributed by atoms with Gasteiger partial charge in [-0.25, -0.2) is 9.97 Å². The van der Waals surface area contributed by atoms with Crippen LogP contribution in [-0.4, -0.2) is 27.6 Å². The first-order valence-electron chi connectivity index (χ1n) is 10.2. The van der Waals surface area contributed by atoms with Crippen LogP contribution in [0.3, 0.4) is 0 Å². The van der Waals surface area contributed by atoms with Gasteiger partial charge in [-0.2, -0.15) is 0 Å². The second-order valence-electron chi connectivity index (χ2n) is 7.51. The molecule has 1 aliphatic rings. The lowest BCUT2D eigenvalue weighted by atomic mass is 9.74. The van der Waals surface area contributed by atoms with Crippen molar-refractivity contribution in [3.8, 4) is 0 Å². The van der Waals surface area contributed by atoms with Gasteiger partial charge in [-0.3, -0.25) is 19.3 Å². The Morgan fingerprint density at radius 2 is 1.56 bits per heavy atom. The van der Waals surface area contributed by atoms with E-state index >= 15 is 0 Å². The number of nitrogens with zero attached hydrogens (tertiary/aromatic N) is 3. The summed E-state index contributed by atoms with van der Waals surface area (Å²) in [5, 5.41) is 2.81. The van der Waals surface area contributed by atoms with E-state index in [-0.39, 0.29) is 5.78 Å². The van der Waals surface area contributed by atoms with Crippen LogP contribution >= 0.6 is 0 Å². The zero-order chi connectivity index (χ0) is 22.7. The molecule has 0 bridgehead atoms. The van der Waals surface area contributed by atoms with E-state index in [0.717, 1.165) is 0 Å². The lowest BCUT2D eigenvalue weighted by Gasteiger charge is -2.38. The average Bonchev–Trinajstić information content (AvgIpc) is 2.80. The molecule has 1 aliphatic heterocycles. The number of rotatable bonds is 5. The molecule has 2 amide bonds. The Morgan fingerprint density at radius 1 is 0.906 bits per heavy atom. The maximum absolute atomic E-state index is 13.6. The molecule has 160 valence electrons. The molecule has 0 unspecified atom stereocenters. The van der Waals surface area contributed by atoms with E-state index in [2.05, 4.69) is 15.3 Å². The fourth-order valence-electron chi connectivity index (χ4n) is 4.08. The molecule has 3 heterocycles. The number of carbonyl (C=O) groups excluding carboxylic acids is 3. The second kappa shape index (κ2) is 8.93. The van der Waals surface area contributed by atoms with E-state index in [0.29, 0.717) is 28.5 Å². The van der Waals surface area contributed by atoms with Crippen molar-refractivity contribution >= 4 is 29.2 Å². The molecule has 32 heavy (non-hydrogen) atoms. The van der Waals surface area contributed by atoms with Crippen molar-refractivity contribution in [1.29, 1.82) is 0 Å². The summed E-state index contributed by atoms with van der Waals surface area (Å²) in [5.74, 6) is -2.20. The molecular formula is C25H22N4O3. The fraction of sp³-hybridized carbons (Fsp3) is 0.160. The van der Waals surface area contributed by atoms with Crippen LogP contribution in [0.15, 0.2) is 90.4 Å². The number of amides is 2. The number of carbonyl (C=O) groups is 3. The highest BCUT2D eigenvalue weighted by Gasteiger charge is 2.47. The van der Waals surface area contributed by atoms with Crippen molar-refractivity contribution in [2.45, 2.75) is 19.8 Å². The molecule has 0 aliphatic carbocycles. The van der Waals surface area contributed by atoms with Gasteiger partial charge in [0.1, 0.15) is 23.3 Å². The summed E-state index contributed by atoms with van der Waals surface area (Å²) < 4.78 is 0. The molecule has 1 N–H and O–H groups in total. The van der Waals surface area contributed by atoms with Gasteiger partial charge in [0, 0.05) is 29.6 Å². The molecule has 7 heteroatoms. The van der Waals surface area contributed by atoms with E-state index in [1.54, 1.807) is 55.7 Å². The van der Waals surface area contributed by atoms with Gasteiger partial charge in [-0.15, -0.1) is 0 Å². The number of nitrogens with one attached hydrogen (secondary N) is 1. The Morgan fingerprint density at radius 3 is 2.16 bits per heavy atom. The van der Waals surface area contributed by atoms with Crippen molar-refractivity contribution in [3.63, 3.8) is 0 Å². The van der Waals surface area contributed by atoms with Crippen molar-refractivity contribution in [2.24, 2.45) is 5.92 Å². The van der Waals surface area contributed by atoms with E-state index in [1.807, 2.05) is 30.3 Å². The summed E-state index contributed by atoms with van der Waals surface area (Å²) >= 11 is 0. The number of aromatic nitrogens is 2. The van der Waals surface area contributed by atoms with E-state index < -0.39 is 23.7 Å². The Hall–Kier alpha value is -4.13. The van der Waals surface area contributed by atoms with Gasteiger partial charge in [0.05, 0.1) is 0 Å². The van der Waals surface area contributed by atoms with Gasteiger partial charge in [0.2, 0.25) is 5.91 Å². The predicted octanol–water partition coefficient (Wildman–Crippen LogP) is 3.72. The minimum Gasteiger partial charge on any atom is -0.307 e. The summed E-state index contributed by atoms with van der Waals surface area (Å²) in [6, 6.07) is 19.5. The minimum absolute atomic E-state index is 0.319. The van der Waals surface area contributed by atoms with E-state index in [4.69, 9.17) is 0 Å². The van der Waals surface area contributed by atoms with Crippen LogP contribution < -0.4 is 10.2 Å². The number of hydrogen-bond donors (Lipinski definition) is 1. The number of pyridine rings is 2. The molecule has 0 radical (unpaired) electrons. The third kappa shape index (κ3) is 3.92. The van der Waals surface area contributed by atoms with Crippen LogP contribution in [0.2, 0.25) is 0 Å². The van der Waals surface area contributed by atoms with Crippen molar-refractivity contribution < 1.29 is 14.4 Å². The third-order valence-electron chi connectivity index (χ3n) is 5.48. The van der Waals surface area contributed by atoms with Crippen LogP contribution in [-0.2, 0) is 14.4 Å². The predicted molar refractivity (Wildman–Crippen MR) is 121 cm³/mol. The number of hydrogen-bond acceptors (Lipinski definition) is 5. The standard InChI is InChI=1S/C25H22N4O3/c1-16-21(24(31)28-19-12-6-8-14-26-19)23(18-10-4-3-5-11-18)22(17(2)30)25(32)29(16)20-13-7-9-15-27-20/h3-15,22-23H,1-2H3,(H,26,28,31)/t22-,23+/m0/s1. The van der Waals surface area contributed by atoms with Gasteiger partial charge in [0.25, 0.3) is 5.91 Å². The first-order chi connectivity index (χ1) is 15.5. The molecule has 2 aromatic heterocycles. The summed E-state index contributed by atoms with van der Waals surface area (Å²) in [6.07, 6.45) is 3.14. The third-order valence-corrected chi connectivity index (χ3v) is 5.48.